The van der Waals surface area contributed by atoms with Crippen LogP contribution in [-0.2, 0) is 20.9 Å². The molecule has 0 radical (unpaired) electrons. The summed E-state index contributed by atoms with van der Waals surface area (Å²) in [7, 11) is 0. The van der Waals surface area contributed by atoms with Crippen LogP contribution in [-0.4, -0.2) is 78.3 Å². The molecule has 270 valence electrons. The first-order valence-corrected chi connectivity index (χ1v) is 18.0. The lowest BCUT2D eigenvalue weighted by Crippen LogP contribution is -2.49. The number of amides is 3. The van der Waals surface area contributed by atoms with Gasteiger partial charge in [-0.15, -0.1) is 0 Å². The molecule has 11 heteroatoms. The van der Waals surface area contributed by atoms with E-state index < -0.39 is 12.1 Å². The Morgan fingerprint density at radius 1 is 0.860 bits per heavy atom. The normalized spacial score (nSPS) is 13.7. The van der Waals surface area contributed by atoms with Gasteiger partial charge in [-0.25, -0.2) is 14.8 Å². The number of unbranched alkanes of at least 4 members (excludes halogenated alkanes) is 3. The Labute approximate surface area is 296 Å². The van der Waals surface area contributed by atoms with Gasteiger partial charge in [0.2, 0.25) is 11.8 Å². The molecule has 0 aliphatic carbocycles. The standard InChI is InChI=1S/C39H54N6O5/c40-24-9-8-17-35(41)38(48)43(30-31-19-21-33(46)22-20-31)26-11-2-10-25-42-37(47)23-29-50-39(49)45(44-27-12-3-13-28-44)36-18-7-6-16-34(36)32-14-4-1-5-15-32/h1,4-7,14-16,18-22,35,46H,2-3,8-13,17,23-30,40-41H2,(H,42,47)/t35-/m0/s1. The topological polar surface area (TPSA) is 154 Å². The van der Waals surface area contributed by atoms with Crippen molar-refractivity contribution in [3.63, 3.8) is 0 Å². The second-order valence-electron chi connectivity index (χ2n) is 12.8. The Balaban J connectivity index is 1.22. The van der Waals surface area contributed by atoms with E-state index in [2.05, 4.69) is 5.32 Å². The molecule has 0 bridgehead atoms. The van der Waals surface area contributed by atoms with Crippen molar-refractivity contribution in [2.45, 2.75) is 76.8 Å². The summed E-state index contributed by atoms with van der Waals surface area (Å²) in [6.07, 6.45) is 7.21. The summed E-state index contributed by atoms with van der Waals surface area (Å²) in [6.45, 7) is 3.48. The van der Waals surface area contributed by atoms with Gasteiger partial charge in [-0.3, -0.25) is 9.59 Å². The predicted molar refractivity (Wildman–Crippen MR) is 197 cm³/mol. The van der Waals surface area contributed by atoms with Crippen LogP contribution in [0.25, 0.3) is 11.1 Å². The molecule has 0 unspecified atom stereocenters. The molecule has 0 saturated carbocycles. The number of hydrazine groups is 1. The van der Waals surface area contributed by atoms with Gasteiger partial charge >= 0.3 is 6.09 Å². The molecule has 1 aliphatic heterocycles. The third kappa shape index (κ3) is 12.2. The Bertz CT molecular complexity index is 1470. The maximum atomic E-state index is 13.6. The minimum Gasteiger partial charge on any atom is -0.508 e. The smallest absolute Gasteiger partial charge is 0.429 e. The summed E-state index contributed by atoms with van der Waals surface area (Å²) in [5.41, 5.74) is 15.5. The van der Waals surface area contributed by atoms with Gasteiger partial charge in [0.05, 0.1) is 18.2 Å². The van der Waals surface area contributed by atoms with Crippen LogP contribution in [0, 0.1) is 0 Å². The number of nitrogens with one attached hydrogen (secondary N) is 1. The van der Waals surface area contributed by atoms with E-state index in [0.717, 1.165) is 86.8 Å². The third-order valence-corrected chi connectivity index (χ3v) is 8.89. The minimum absolute atomic E-state index is 0.0254. The zero-order valence-electron chi connectivity index (χ0n) is 29.2. The van der Waals surface area contributed by atoms with E-state index >= 15 is 0 Å². The van der Waals surface area contributed by atoms with Crippen molar-refractivity contribution in [2.24, 2.45) is 11.5 Å². The molecule has 3 aromatic rings. The maximum absolute atomic E-state index is 13.6. The van der Waals surface area contributed by atoms with Gasteiger partial charge in [0.25, 0.3) is 0 Å². The number of aromatic hydroxyl groups is 1. The molecule has 3 amide bonds. The van der Waals surface area contributed by atoms with E-state index in [9.17, 15) is 19.5 Å². The van der Waals surface area contributed by atoms with Crippen molar-refractivity contribution in [1.82, 2.24) is 15.2 Å². The van der Waals surface area contributed by atoms with Gasteiger partial charge < -0.3 is 31.5 Å². The summed E-state index contributed by atoms with van der Waals surface area (Å²) in [6, 6.07) is 24.0. The molecule has 0 aromatic heterocycles. The largest absolute Gasteiger partial charge is 0.508 e. The van der Waals surface area contributed by atoms with Gasteiger partial charge in [0.15, 0.2) is 0 Å². The average Bonchev–Trinajstić information content (AvgIpc) is 3.14. The van der Waals surface area contributed by atoms with Crippen LogP contribution in [0.4, 0.5) is 10.5 Å². The van der Waals surface area contributed by atoms with Gasteiger partial charge in [-0.1, -0.05) is 73.5 Å². The molecular formula is C39H54N6O5. The number of anilines is 1. The van der Waals surface area contributed by atoms with Crippen molar-refractivity contribution < 1.29 is 24.2 Å². The molecule has 1 aliphatic rings. The number of benzene rings is 3. The number of phenols is 1. The van der Waals surface area contributed by atoms with Crippen molar-refractivity contribution in [1.29, 1.82) is 0 Å². The quantitative estimate of drug-likeness (QED) is 0.120. The lowest BCUT2D eigenvalue weighted by atomic mass is 10.0. The van der Waals surface area contributed by atoms with E-state index in [1.165, 1.54) is 0 Å². The van der Waals surface area contributed by atoms with Crippen molar-refractivity contribution in [3.05, 3.63) is 84.4 Å². The van der Waals surface area contributed by atoms with Crippen molar-refractivity contribution in [2.75, 3.05) is 44.3 Å². The maximum Gasteiger partial charge on any atom is 0.429 e. The summed E-state index contributed by atoms with van der Waals surface area (Å²) in [4.78, 5) is 41.1. The fourth-order valence-electron chi connectivity index (χ4n) is 6.13. The number of nitrogens with zero attached hydrogens (tertiary/aromatic N) is 3. The fraction of sp³-hybridized carbons (Fsp3) is 0.462. The molecular weight excluding hydrogens is 632 g/mol. The number of phenolic OH excluding ortho intramolecular Hbond substituents is 1. The second-order valence-corrected chi connectivity index (χ2v) is 12.8. The lowest BCUT2D eigenvalue weighted by molar-refractivity contribution is -0.133. The highest BCUT2D eigenvalue weighted by atomic mass is 16.6. The molecule has 11 nitrogen and oxygen atoms in total. The molecule has 1 heterocycles. The monoisotopic (exact) mass is 686 g/mol. The van der Waals surface area contributed by atoms with Crippen LogP contribution < -0.4 is 21.8 Å². The zero-order valence-corrected chi connectivity index (χ0v) is 29.2. The Kier molecular flexibility index (Phi) is 16.0. The summed E-state index contributed by atoms with van der Waals surface area (Å²) >= 11 is 0. The van der Waals surface area contributed by atoms with Crippen molar-refractivity contribution >= 4 is 23.6 Å². The van der Waals surface area contributed by atoms with E-state index in [1.807, 2.05) is 59.6 Å². The number of hydrogen-bond acceptors (Lipinski definition) is 8. The van der Waals surface area contributed by atoms with Gasteiger partial charge in [0.1, 0.15) is 12.4 Å². The number of hydrogen-bond donors (Lipinski definition) is 4. The van der Waals surface area contributed by atoms with Crippen molar-refractivity contribution in [3.8, 4) is 16.9 Å². The molecule has 6 N–H and O–H groups in total. The summed E-state index contributed by atoms with van der Waals surface area (Å²) < 4.78 is 5.69. The van der Waals surface area contributed by atoms with Gasteiger partial charge in [-0.2, -0.15) is 0 Å². The first-order chi connectivity index (χ1) is 24.4. The lowest BCUT2D eigenvalue weighted by Gasteiger charge is -2.37. The molecule has 0 spiro atoms. The molecule has 1 fully saturated rings. The first-order valence-electron chi connectivity index (χ1n) is 18.0. The first kappa shape index (κ1) is 38.4. The van der Waals surface area contributed by atoms with Crippen LogP contribution >= 0.6 is 0 Å². The van der Waals surface area contributed by atoms with Gasteiger partial charge in [-0.05, 0) is 80.8 Å². The SMILES string of the molecule is NCCCC[C@H](N)C(=O)N(CCCCCNC(=O)CCOC(=O)N(c1ccccc1-c1ccccc1)N1CCCCC1)Cc1ccc(O)cc1. The number of para-hydroxylation sites is 1. The highest BCUT2D eigenvalue weighted by Crippen LogP contribution is 2.33. The molecule has 3 aromatic carbocycles. The average molecular weight is 687 g/mol. The highest BCUT2D eigenvalue weighted by Gasteiger charge is 2.28. The molecule has 4 rings (SSSR count). The Morgan fingerprint density at radius 2 is 1.58 bits per heavy atom. The summed E-state index contributed by atoms with van der Waals surface area (Å²) in [5, 5.41) is 16.2. The Hall–Kier alpha value is -4.45. The molecule has 1 saturated heterocycles. The van der Waals surface area contributed by atoms with Crippen LogP contribution in [0.1, 0.15) is 69.8 Å². The van der Waals surface area contributed by atoms with E-state index in [4.69, 9.17) is 16.2 Å². The number of nitrogens with two attached hydrogens (primary N) is 2. The van der Waals surface area contributed by atoms with Crippen LogP contribution in [0.5, 0.6) is 5.75 Å². The molecule has 50 heavy (non-hydrogen) atoms. The van der Waals surface area contributed by atoms with Crippen LogP contribution in [0.3, 0.4) is 0 Å². The van der Waals surface area contributed by atoms with E-state index in [-0.39, 0.29) is 30.6 Å². The van der Waals surface area contributed by atoms with E-state index in [1.54, 1.807) is 34.2 Å². The number of piperidine rings is 1. The van der Waals surface area contributed by atoms with Crippen LogP contribution in [0.15, 0.2) is 78.9 Å². The van der Waals surface area contributed by atoms with Crippen LogP contribution in [0.2, 0.25) is 0 Å². The second kappa shape index (κ2) is 20.9. The zero-order chi connectivity index (χ0) is 35.6. The number of ether oxygens (including phenoxy) is 1. The molecule has 1 atom stereocenters. The number of carbonyl (C=O) groups excluding carboxylic acids is 3. The summed E-state index contributed by atoms with van der Waals surface area (Å²) in [5.74, 6) is -0.102. The number of rotatable bonds is 19. The third-order valence-electron chi connectivity index (χ3n) is 8.89. The highest BCUT2D eigenvalue weighted by molar-refractivity contribution is 5.93. The van der Waals surface area contributed by atoms with Gasteiger partial charge in [0, 0.05) is 38.3 Å². The minimum atomic E-state index is -0.586. The fourth-order valence-corrected chi connectivity index (χ4v) is 6.13. The number of carbonyl (C=O) groups is 3. The Morgan fingerprint density at radius 3 is 2.32 bits per heavy atom. The predicted octanol–water partition coefficient (Wildman–Crippen LogP) is 5.56. The van der Waals surface area contributed by atoms with E-state index in [0.29, 0.717) is 32.6 Å².